The molecule has 1 saturated heterocycles. The van der Waals surface area contributed by atoms with E-state index in [1.807, 2.05) is 48.5 Å². The lowest BCUT2D eigenvalue weighted by Gasteiger charge is -2.36. The molecule has 156 valence electrons. The van der Waals surface area contributed by atoms with Crippen molar-refractivity contribution in [2.45, 2.75) is 6.92 Å². The summed E-state index contributed by atoms with van der Waals surface area (Å²) in [5.74, 6) is -1.39. The van der Waals surface area contributed by atoms with Crippen LogP contribution in [0.15, 0.2) is 66.4 Å². The first-order chi connectivity index (χ1) is 14.5. The number of piperazine rings is 1. The Labute approximate surface area is 175 Å². The van der Waals surface area contributed by atoms with Crippen LogP contribution in [-0.4, -0.2) is 55.5 Å². The van der Waals surface area contributed by atoms with Crippen molar-refractivity contribution in [3.05, 3.63) is 71.9 Å². The molecule has 0 radical (unpaired) electrons. The van der Waals surface area contributed by atoms with E-state index < -0.39 is 11.9 Å². The number of carbonyl (C=O) groups is 3. The van der Waals surface area contributed by atoms with E-state index in [2.05, 4.69) is 10.2 Å². The van der Waals surface area contributed by atoms with Crippen molar-refractivity contribution in [2.24, 2.45) is 0 Å². The number of amides is 2. The van der Waals surface area contributed by atoms with Gasteiger partial charge in [0.2, 0.25) is 5.91 Å². The van der Waals surface area contributed by atoms with Crippen LogP contribution in [0.25, 0.3) is 6.08 Å². The zero-order valence-electron chi connectivity index (χ0n) is 16.9. The van der Waals surface area contributed by atoms with E-state index in [-0.39, 0.29) is 18.2 Å². The number of nitrogens with zero attached hydrogens (tertiary/aromatic N) is 2. The van der Waals surface area contributed by atoms with Crippen LogP contribution < -0.4 is 10.2 Å². The summed E-state index contributed by atoms with van der Waals surface area (Å²) in [6.45, 7) is 3.50. The highest BCUT2D eigenvalue weighted by Gasteiger charge is 2.23. The van der Waals surface area contributed by atoms with Gasteiger partial charge in [-0.05, 0) is 23.8 Å². The largest absolute Gasteiger partial charge is 0.451 e. The number of hydrogen-bond acceptors (Lipinski definition) is 5. The van der Waals surface area contributed by atoms with Crippen molar-refractivity contribution in [1.82, 2.24) is 10.2 Å². The Morgan fingerprint density at radius 1 is 0.933 bits per heavy atom. The van der Waals surface area contributed by atoms with E-state index in [4.69, 9.17) is 4.74 Å². The number of anilines is 1. The minimum atomic E-state index is -0.745. The lowest BCUT2D eigenvalue weighted by Crippen LogP contribution is -2.50. The molecule has 0 saturated carbocycles. The molecule has 30 heavy (non-hydrogen) atoms. The molecule has 2 aromatic carbocycles. The Morgan fingerprint density at radius 2 is 1.53 bits per heavy atom. The summed E-state index contributed by atoms with van der Waals surface area (Å²) in [6.07, 6.45) is 1.52. The zero-order valence-corrected chi connectivity index (χ0v) is 16.9. The fraction of sp³-hybridized carbons (Fsp3) is 0.261. The number of benzene rings is 2. The van der Waals surface area contributed by atoms with E-state index in [0.29, 0.717) is 13.1 Å². The fourth-order valence-electron chi connectivity index (χ4n) is 3.20. The maximum Gasteiger partial charge on any atom is 0.355 e. The summed E-state index contributed by atoms with van der Waals surface area (Å²) in [5.41, 5.74) is 1.86. The van der Waals surface area contributed by atoms with Crippen LogP contribution in [0.5, 0.6) is 0 Å². The van der Waals surface area contributed by atoms with Crippen molar-refractivity contribution in [1.29, 1.82) is 0 Å². The maximum atomic E-state index is 12.5. The van der Waals surface area contributed by atoms with Gasteiger partial charge < -0.3 is 19.9 Å². The molecule has 0 aromatic heterocycles. The van der Waals surface area contributed by atoms with Gasteiger partial charge in [-0.2, -0.15) is 0 Å². The molecule has 0 aliphatic carbocycles. The third kappa shape index (κ3) is 5.94. The summed E-state index contributed by atoms with van der Waals surface area (Å²) in [4.78, 5) is 40.2. The minimum Gasteiger partial charge on any atom is -0.451 e. The first-order valence-electron chi connectivity index (χ1n) is 9.82. The predicted octanol–water partition coefficient (Wildman–Crippen LogP) is 2.06. The second-order valence-corrected chi connectivity index (χ2v) is 6.93. The molecule has 1 N–H and O–H groups in total. The normalized spacial score (nSPS) is 14.2. The average molecular weight is 407 g/mol. The molecule has 2 amide bonds. The fourth-order valence-corrected chi connectivity index (χ4v) is 3.20. The van der Waals surface area contributed by atoms with Gasteiger partial charge in [0.25, 0.3) is 5.91 Å². The Balaban J connectivity index is 1.53. The number of hydrogen-bond donors (Lipinski definition) is 1. The molecule has 2 aromatic rings. The van der Waals surface area contributed by atoms with E-state index in [9.17, 15) is 14.4 Å². The molecule has 1 aliphatic heterocycles. The van der Waals surface area contributed by atoms with Crippen LogP contribution >= 0.6 is 0 Å². The van der Waals surface area contributed by atoms with Gasteiger partial charge in [0.05, 0.1) is 0 Å². The molecular weight excluding hydrogens is 382 g/mol. The molecule has 1 heterocycles. The summed E-state index contributed by atoms with van der Waals surface area (Å²) < 4.78 is 5.18. The van der Waals surface area contributed by atoms with Gasteiger partial charge in [-0.3, -0.25) is 9.59 Å². The second-order valence-electron chi connectivity index (χ2n) is 6.93. The smallest absolute Gasteiger partial charge is 0.355 e. The highest BCUT2D eigenvalue weighted by Crippen LogP contribution is 2.15. The summed E-state index contributed by atoms with van der Waals surface area (Å²) in [7, 11) is 0. The van der Waals surface area contributed by atoms with Gasteiger partial charge >= 0.3 is 5.97 Å². The number of nitrogens with one attached hydrogen (secondary N) is 1. The van der Waals surface area contributed by atoms with Crippen LogP contribution in [0.4, 0.5) is 5.69 Å². The number of para-hydroxylation sites is 1. The van der Waals surface area contributed by atoms with Crippen LogP contribution in [0, 0.1) is 0 Å². The molecule has 7 nitrogen and oxygen atoms in total. The number of carbonyl (C=O) groups excluding carboxylic acids is 3. The van der Waals surface area contributed by atoms with Crippen molar-refractivity contribution >= 4 is 29.5 Å². The third-order valence-electron chi connectivity index (χ3n) is 4.72. The minimum absolute atomic E-state index is 0.00426. The van der Waals surface area contributed by atoms with Gasteiger partial charge in [-0.25, -0.2) is 4.79 Å². The Morgan fingerprint density at radius 3 is 2.13 bits per heavy atom. The Hall–Kier alpha value is -3.61. The van der Waals surface area contributed by atoms with Crippen LogP contribution in [0.1, 0.15) is 12.5 Å². The average Bonchev–Trinajstić information content (AvgIpc) is 2.78. The molecule has 1 fully saturated rings. The van der Waals surface area contributed by atoms with Gasteiger partial charge in [-0.1, -0.05) is 48.5 Å². The lowest BCUT2D eigenvalue weighted by molar-refractivity contribution is -0.149. The second kappa shape index (κ2) is 10.2. The molecule has 0 atom stereocenters. The highest BCUT2D eigenvalue weighted by atomic mass is 16.5. The molecule has 1 aliphatic rings. The number of esters is 1. The quantitative estimate of drug-likeness (QED) is 0.586. The topological polar surface area (TPSA) is 78.9 Å². The molecule has 0 spiro atoms. The van der Waals surface area contributed by atoms with Crippen molar-refractivity contribution in [2.75, 3.05) is 37.7 Å². The molecule has 7 heteroatoms. The molecule has 3 rings (SSSR count). The van der Waals surface area contributed by atoms with Crippen LogP contribution in [-0.2, 0) is 19.1 Å². The lowest BCUT2D eigenvalue weighted by atomic mass is 10.2. The van der Waals surface area contributed by atoms with E-state index >= 15 is 0 Å². The predicted molar refractivity (Wildman–Crippen MR) is 114 cm³/mol. The Kier molecular flexibility index (Phi) is 7.21. The van der Waals surface area contributed by atoms with Crippen molar-refractivity contribution in [3.63, 3.8) is 0 Å². The van der Waals surface area contributed by atoms with Crippen LogP contribution in [0.3, 0.4) is 0 Å². The summed E-state index contributed by atoms with van der Waals surface area (Å²) in [6, 6.07) is 19.1. The Bertz CT molecular complexity index is 905. The van der Waals surface area contributed by atoms with E-state index in [1.54, 1.807) is 17.0 Å². The number of rotatable bonds is 6. The summed E-state index contributed by atoms with van der Waals surface area (Å²) in [5, 5.41) is 2.47. The first kappa shape index (κ1) is 21.1. The highest BCUT2D eigenvalue weighted by molar-refractivity contribution is 5.98. The third-order valence-corrected chi connectivity index (χ3v) is 4.72. The monoisotopic (exact) mass is 407 g/mol. The summed E-state index contributed by atoms with van der Waals surface area (Å²) >= 11 is 0. The van der Waals surface area contributed by atoms with Gasteiger partial charge in [0.1, 0.15) is 5.70 Å². The van der Waals surface area contributed by atoms with E-state index in [1.165, 1.54) is 13.0 Å². The SMILES string of the molecule is CC(=O)N/C(=C/c1ccccc1)C(=O)OCC(=O)N1CCN(c2ccccc2)CC1. The van der Waals surface area contributed by atoms with Crippen LogP contribution in [0.2, 0.25) is 0 Å². The van der Waals surface area contributed by atoms with Gasteiger partial charge in [-0.15, -0.1) is 0 Å². The van der Waals surface area contributed by atoms with Crippen molar-refractivity contribution < 1.29 is 19.1 Å². The molecule has 0 unspecified atom stereocenters. The molecule has 0 bridgehead atoms. The standard InChI is InChI=1S/C23H25N3O4/c1-18(27)24-21(16-19-8-4-2-5-9-19)23(29)30-17-22(28)26-14-12-25(13-15-26)20-10-6-3-7-11-20/h2-11,16H,12-15,17H2,1H3,(H,24,27)/b21-16+. The maximum absolute atomic E-state index is 12.5. The van der Waals surface area contributed by atoms with Crippen molar-refractivity contribution in [3.8, 4) is 0 Å². The van der Waals surface area contributed by atoms with E-state index in [0.717, 1.165) is 24.3 Å². The molecular formula is C23H25N3O4. The number of ether oxygens (including phenoxy) is 1. The van der Waals surface area contributed by atoms with Gasteiger partial charge in [0.15, 0.2) is 6.61 Å². The zero-order chi connectivity index (χ0) is 21.3. The first-order valence-corrected chi connectivity index (χ1v) is 9.82. The van der Waals surface area contributed by atoms with Gasteiger partial charge in [0, 0.05) is 38.8 Å².